The molecular weight excluding hydrogens is 308 g/mol. The molecule has 22 heavy (non-hydrogen) atoms. The van der Waals surface area contributed by atoms with Crippen molar-refractivity contribution < 1.29 is 18.3 Å². The van der Waals surface area contributed by atoms with Crippen LogP contribution in [0.1, 0.15) is 6.42 Å². The fourth-order valence-electron chi connectivity index (χ4n) is 2.98. The number of aromatic nitrogens is 2. The van der Waals surface area contributed by atoms with E-state index in [0.29, 0.717) is 32.7 Å². The van der Waals surface area contributed by atoms with Crippen LogP contribution in [-0.2, 0) is 21.8 Å². The van der Waals surface area contributed by atoms with Gasteiger partial charge in [0.2, 0.25) is 0 Å². The Morgan fingerprint density at radius 3 is 2.73 bits per heavy atom. The highest BCUT2D eigenvalue weighted by molar-refractivity contribution is 7.89. The zero-order valence-corrected chi connectivity index (χ0v) is 13.5. The highest BCUT2D eigenvalue weighted by Gasteiger charge is 2.43. The number of hydrogen-bond donors (Lipinski definition) is 1. The van der Waals surface area contributed by atoms with Crippen LogP contribution in [0.5, 0.6) is 0 Å². The molecule has 1 atom stereocenters. The van der Waals surface area contributed by atoms with Crippen molar-refractivity contribution in [1.29, 1.82) is 0 Å². The van der Waals surface area contributed by atoms with Crippen LogP contribution in [0.2, 0.25) is 0 Å². The van der Waals surface area contributed by atoms with Crippen LogP contribution in [0.4, 0.5) is 0 Å². The fourth-order valence-corrected chi connectivity index (χ4v) is 4.47. The molecule has 1 aromatic rings. The van der Waals surface area contributed by atoms with E-state index in [1.807, 2.05) is 0 Å². The molecule has 0 spiro atoms. The Hall–Kier alpha value is -1.00. The van der Waals surface area contributed by atoms with Crippen LogP contribution in [0.3, 0.4) is 0 Å². The van der Waals surface area contributed by atoms with Gasteiger partial charge in [-0.1, -0.05) is 0 Å². The van der Waals surface area contributed by atoms with Crippen molar-refractivity contribution in [2.75, 3.05) is 45.9 Å². The van der Waals surface area contributed by atoms with Crippen LogP contribution >= 0.6 is 0 Å². The summed E-state index contributed by atoms with van der Waals surface area (Å²) in [5.41, 5.74) is -1.00. The van der Waals surface area contributed by atoms with Gasteiger partial charge >= 0.3 is 0 Å². The third kappa shape index (κ3) is 3.18. The first-order chi connectivity index (χ1) is 10.4. The number of imidazole rings is 1. The SMILES string of the molecule is Cn1cnc(S(=O)(=O)N2CC[C@@](O)(CN3CCOCC3)C2)c1. The summed E-state index contributed by atoms with van der Waals surface area (Å²) in [6, 6.07) is 0. The Morgan fingerprint density at radius 2 is 2.09 bits per heavy atom. The predicted octanol–water partition coefficient (Wildman–Crippen LogP) is -1.12. The minimum Gasteiger partial charge on any atom is -0.387 e. The van der Waals surface area contributed by atoms with Gasteiger partial charge in [-0.2, -0.15) is 4.31 Å². The van der Waals surface area contributed by atoms with E-state index in [1.54, 1.807) is 11.6 Å². The molecule has 2 aliphatic rings. The molecule has 0 radical (unpaired) electrons. The monoisotopic (exact) mass is 330 g/mol. The van der Waals surface area contributed by atoms with Gasteiger partial charge in [0.1, 0.15) is 0 Å². The third-order valence-electron chi connectivity index (χ3n) is 4.20. The first-order valence-electron chi connectivity index (χ1n) is 7.40. The maximum absolute atomic E-state index is 12.5. The maximum atomic E-state index is 12.5. The van der Waals surface area contributed by atoms with E-state index >= 15 is 0 Å². The topological polar surface area (TPSA) is 87.9 Å². The van der Waals surface area contributed by atoms with Crippen molar-refractivity contribution in [3.05, 3.63) is 12.5 Å². The quantitative estimate of drug-likeness (QED) is 0.752. The standard InChI is InChI=1S/C13H22N4O4S/c1-15-8-12(14-11-15)22(19,20)17-3-2-13(18,10-17)9-16-4-6-21-7-5-16/h8,11,18H,2-7,9-10H2,1H3/t13-/m1/s1. The van der Waals surface area contributed by atoms with E-state index in [2.05, 4.69) is 9.88 Å². The van der Waals surface area contributed by atoms with E-state index in [0.717, 1.165) is 13.1 Å². The molecule has 0 amide bonds. The number of aryl methyl sites for hydroxylation is 1. The van der Waals surface area contributed by atoms with E-state index in [4.69, 9.17) is 4.74 Å². The van der Waals surface area contributed by atoms with Gasteiger partial charge in [0.25, 0.3) is 10.0 Å². The number of ether oxygens (including phenoxy) is 1. The van der Waals surface area contributed by atoms with Crippen molar-refractivity contribution in [3.8, 4) is 0 Å². The van der Waals surface area contributed by atoms with Crippen molar-refractivity contribution in [1.82, 2.24) is 18.8 Å². The van der Waals surface area contributed by atoms with Gasteiger partial charge in [0.15, 0.2) is 5.03 Å². The molecule has 9 heteroatoms. The van der Waals surface area contributed by atoms with Crippen molar-refractivity contribution in [3.63, 3.8) is 0 Å². The Labute approximate surface area is 130 Å². The van der Waals surface area contributed by atoms with Crippen molar-refractivity contribution in [2.24, 2.45) is 7.05 Å². The normalized spacial score (nSPS) is 28.3. The fraction of sp³-hybridized carbons (Fsp3) is 0.769. The van der Waals surface area contributed by atoms with Gasteiger partial charge < -0.3 is 14.4 Å². The molecule has 2 saturated heterocycles. The van der Waals surface area contributed by atoms with Crippen LogP contribution < -0.4 is 0 Å². The van der Waals surface area contributed by atoms with Crippen LogP contribution in [0.15, 0.2) is 17.6 Å². The highest BCUT2D eigenvalue weighted by Crippen LogP contribution is 2.27. The molecule has 0 saturated carbocycles. The lowest BCUT2D eigenvalue weighted by Crippen LogP contribution is -2.49. The molecule has 0 unspecified atom stereocenters. The zero-order valence-electron chi connectivity index (χ0n) is 12.7. The minimum absolute atomic E-state index is 0.0330. The molecule has 1 N–H and O–H groups in total. The smallest absolute Gasteiger partial charge is 0.262 e. The molecule has 0 bridgehead atoms. The largest absolute Gasteiger partial charge is 0.387 e. The molecule has 2 fully saturated rings. The van der Waals surface area contributed by atoms with E-state index in [9.17, 15) is 13.5 Å². The van der Waals surface area contributed by atoms with Gasteiger partial charge in [0.05, 0.1) is 25.1 Å². The molecule has 8 nitrogen and oxygen atoms in total. The van der Waals surface area contributed by atoms with Crippen LogP contribution in [-0.4, -0.2) is 83.8 Å². The lowest BCUT2D eigenvalue weighted by molar-refractivity contribution is -0.0239. The lowest BCUT2D eigenvalue weighted by atomic mass is 10.0. The molecule has 0 aromatic carbocycles. The number of hydrogen-bond acceptors (Lipinski definition) is 6. The second-order valence-electron chi connectivity index (χ2n) is 6.08. The first kappa shape index (κ1) is 15.9. The average molecular weight is 330 g/mol. The predicted molar refractivity (Wildman–Crippen MR) is 78.8 cm³/mol. The second kappa shape index (κ2) is 5.89. The van der Waals surface area contributed by atoms with Crippen LogP contribution in [0, 0.1) is 0 Å². The third-order valence-corrected chi connectivity index (χ3v) is 5.94. The number of β-amino-alcohol motifs (C(OH)–C–C–N with tert-alkyl or cyclic N) is 1. The number of sulfonamides is 1. The summed E-state index contributed by atoms with van der Waals surface area (Å²) in [5.74, 6) is 0. The average Bonchev–Trinajstić information content (AvgIpc) is 3.07. The summed E-state index contributed by atoms with van der Waals surface area (Å²) in [4.78, 5) is 6.05. The molecule has 2 aliphatic heterocycles. The molecular formula is C13H22N4O4S. The number of morpholine rings is 1. The van der Waals surface area contributed by atoms with Gasteiger partial charge in [-0.3, -0.25) is 4.90 Å². The Morgan fingerprint density at radius 1 is 1.36 bits per heavy atom. The highest BCUT2D eigenvalue weighted by atomic mass is 32.2. The summed E-state index contributed by atoms with van der Waals surface area (Å²) < 4.78 is 33.3. The Kier molecular flexibility index (Phi) is 4.25. The van der Waals surface area contributed by atoms with Crippen molar-refractivity contribution >= 4 is 10.0 Å². The van der Waals surface area contributed by atoms with Gasteiger partial charge in [-0.25, -0.2) is 13.4 Å². The van der Waals surface area contributed by atoms with E-state index < -0.39 is 15.6 Å². The molecule has 0 aliphatic carbocycles. The summed E-state index contributed by atoms with van der Waals surface area (Å²) in [6.07, 6.45) is 3.38. The number of aliphatic hydroxyl groups is 1. The minimum atomic E-state index is -3.63. The Balaban J connectivity index is 1.68. The lowest BCUT2D eigenvalue weighted by Gasteiger charge is -2.33. The van der Waals surface area contributed by atoms with E-state index in [-0.39, 0.29) is 11.6 Å². The molecule has 3 heterocycles. The second-order valence-corrected chi connectivity index (χ2v) is 7.96. The maximum Gasteiger partial charge on any atom is 0.262 e. The van der Waals surface area contributed by atoms with Gasteiger partial charge in [-0.15, -0.1) is 0 Å². The summed E-state index contributed by atoms with van der Waals surface area (Å²) in [7, 11) is -1.90. The van der Waals surface area contributed by atoms with Crippen LogP contribution in [0.25, 0.3) is 0 Å². The number of nitrogens with zero attached hydrogens (tertiary/aromatic N) is 4. The number of rotatable bonds is 4. The van der Waals surface area contributed by atoms with Crippen molar-refractivity contribution in [2.45, 2.75) is 17.0 Å². The Bertz CT molecular complexity index is 626. The summed E-state index contributed by atoms with van der Waals surface area (Å²) >= 11 is 0. The van der Waals surface area contributed by atoms with Gasteiger partial charge in [0, 0.05) is 46.0 Å². The molecule has 124 valence electrons. The van der Waals surface area contributed by atoms with E-state index in [1.165, 1.54) is 16.8 Å². The zero-order chi connectivity index (χ0) is 15.8. The molecule has 3 rings (SSSR count). The molecule has 1 aromatic heterocycles. The summed E-state index contributed by atoms with van der Waals surface area (Å²) in [5, 5.41) is 10.7. The first-order valence-corrected chi connectivity index (χ1v) is 8.84. The van der Waals surface area contributed by atoms with Gasteiger partial charge in [-0.05, 0) is 6.42 Å². The summed E-state index contributed by atoms with van der Waals surface area (Å²) in [6.45, 7) is 3.77.